The van der Waals surface area contributed by atoms with Crippen molar-refractivity contribution in [2.45, 2.75) is 12.5 Å². The third-order valence-electron chi connectivity index (χ3n) is 5.52. The van der Waals surface area contributed by atoms with Crippen LogP contribution in [0.4, 0.5) is 11.4 Å². The minimum Gasteiger partial charge on any atom is -0.394 e. The fourth-order valence-electron chi connectivity index (χ4n) is 3.78. The molecule has 0 bridgehead atoms. The number of amides is 2. The number of fused-ring (bicyclic) bond motifs is 1. The van der Waals surface area contributed by atoms with Crippen molar-refractivity contribution in [2.75, 3.05) is 43.1 Å². The molecule has 1 atom stereocenters. The summed E-state index contributed by atoms with van der Waals surface area (Å²) in [5.74, 6) is -0.782. The van der Waals surface area contributed by atoms with E-state index >= 15 is 0 Å². The lowest BCUT2D eigenvalue weighted by molar-refractivity contribution is -0.126. The fraction of sp³-hybridized carbons (Fsp3) is 0.280. The van der Waals surface area contributed by atoms with Gasteiger partial charge in [0.25, 0.3) is 0 Å². The average molecular weight is 434 g/mol. The van der Waals surface area contributed by atoms with E-state index in [-0.39, 0.29) is 12.3 Å². The van der Waals surface area contributed by atoms with E-state index in [1.807, 2.05) is 66.7 Å². The van der Waals surface area contributed by atoms with E-state index < -0.39 is 18.6 Å². The van der Waals surface area contributed by atoms with Crippen molar-refractivity contribution in [3.8, 4) is 0 Å². The average Bonchev–Trinajstić information content (AvgIpc) is 2.83. The van der Waals surface area contributed by atoms with E-state index in [4.69, 9.17) is 4.74 Å². The van der Waals surface area contributed by atoms with E-state index in [1.165, 1.54) is 0 Å². The summed E-state index contributed by atoms with van der Waals surface area (Å²) in [6, 6.07) is 20.2. The number of anilines is 2. The molecular weight excluding hydrogens is 406 g/mol. The molecule has 3 aromatic rings. The minimum absolute atomic E-state index is 0.128. The number of aliphatic hydroxyl groups is 1. The fourth-order valence-corrected chi connectivity index (χ4v) is 3.78. The van der Waals surface area contributed by atoms with E-state index in [0.717, 1.165) is 35.1 Å². The van der Waals surface area contributed by atoms with Gasteiger partial charge in [-0.3, -0.25) is 9.59 Å². The number of nitrogens with one attached hydrogen (secondary N) is 2. The van der Waals surface area contributed by atoms with Crippen LogP contribution >= 0.6 is 0 Å². The van der Waals surface area contributed by atoms with Gasteiger partial charge in [0.05, 0.1) is 26.2 Å². The van der Waals surface area contributed by atoms with Crippen molar-refractivity contribution in [3.05, 3.63) is 72.3 Å². The van der Waals surface area contributed by atoms with Crippen LogP contribution in [-0.4, -0.2) is 55.9 Å². The SMILES string of the molecule is O=C(Cc1ccc2ccccc2c1)NC(CO)C(=O)Nc1ccc(N2CCOCC2)cc1. The van der Waals surface area contributed by atoms with Crippen LogP contribution in [0.15, 0.2) is 66.7 Å². The lowest BCUT2D eigenvalue weighted by Gasteiger charge is -2.29. The summed E-state index contributed by atoms with van der Waals surface area (Å²) >= 11 is 0. The molecule has 4 rings (SSSR count). The van der Waals surface area contributed by atoms with Gasteiger partial charge in [-0.2, -0.15) is 0 Å². The molecule has 3 aromatic carbocycles. The molecule has 2 amide bonds. The first kappa shape index (κ1) is 21.8. The minimum atomic E-state index is -1.03. The largest absolute Gasteiger partial charge is 0.394 e. The summed E-state index contributed by atoms with van der Waals surface area (Å²) in [4.78, 5) is 27.3. The third kappa shape index (κ3) is 5.43. The van der Waals surface area contributed by atoms with Crippen molar-refractivity contribution in [2.24, 2.45) is 0 Å². The van der Waals surface area contributed by atoms with Gasteiger partial charge in [0.1, 0.15) is 6.04 Å². The zero-order valence-corrected chi connectivity index (χ0v) is 17.8. The van der Waals surface area contributed by atoms with Crippen molar-refractivity contribution < 1.29 is 19.4 Å². The summed E-state index contributed by atoms with van der Waals surface area (Å²) in [7, 11) is 0. The van der Waals surface area contributed by atoms with E-state index in [0.29, 0.717) is 18.9 Å². The van der Waals surface area contributed by atoms with E-state index in [9.17, 15) is 14.7 Å². The number of benzene rings is 3. The Hall–Kier alpha value is -3.42. The second-order valence-electron chi connectivity index (χ2n) is 7.80. The second-order valence-corrected chi connectivity index (χ2v) is 7.80. The Kier molecular flexibility index (Phi) is 6.99. The quantitative estimate of drug-likeness (QED) is 0.532. The monoisotopic (exact) mass is 433 g/mol. The first-order valence-electron chi connectivity index (χ1n) is 10.7. The molecule has 0 aliphatic carbocycles. The molecule has 0 spiro atoms. The summed E-state index contributed by atoms with van der Waals surface area (Å²) in [6.45, 7) is 2.59. The topological polar surface area (TPSA) is 90.9 Å². The maximum absolute atomic E-state index is 12.6. The number of carbonyl (C=O) groups excluding carboxylic acids is 2. The number of ether oxygens (including phenoxy) is 1. The number of nitrogens with zero attached hydrogens (tertiary/aromatic N) is 1. The summed E-state index contributed by atoms with van der Waals surface area (Å²) in [5.41, 5.74) is 2.51. The smallest absolute Gasteiger partial charge is 0.249 e. The molecule has 1 unspecified atom stereocenters. The second kappa shape index (κ2) is 10.3. The van der Waals surface area contributed by atoms with Crippen LogP contribution in [0.5, 0.6) is 0 Å². The molecular formula is C25H27N3O4. The Morgan fingerprint density at radius 2 is 1.69 bits per heavy atom. The van der Waals surface area contributed by atoms with Crippen molar-refractivity contribution in [1.29, 1.82) is 0 Å². The molecule has 0 saturated carbocycles. The Morgan fingerprint density at radius 3 is 2.41 bits per heavy atom. The number of hydrogen-bond donors (Lipinski definition) is 3. The molecule has 1 saturated heterocycles. The molecule has 1 fully saturated rings. The summed E-state index contributed by atoms with van der Waals surface area (Å²) in [5, 5.41) is 17.2. The van der Waals surface area contributed by atoms with Crippen molar-refractivity contribution >= 4 is 34.0 Å². The molecule has 32 heavy (non-hydrogen) atoms. The first-order valence-corrected chi connectivity index (χ1v) is 10.7. The molecule has 1 aliphatic heterocycles. The molecule has 3 N–H and O–H groups in total. The van der Waals surface area contributed by atoms with Gasteiger partial charge in [-0.15, -0.1) is 0 Å². The van der Waals surface area contributed by atoms with Crippen molar-refractivity contribution in [1.82, 2.24) is 5.32 Å². The van der Waals surface area contributed by atoms with Crippen LogP contribution in [0.1, 0.15) is 5.56 Å². The third-order valence-corrected chi connectivity index (χ3v) is 5.52. The van der Waals surface area contributed by atoms with E-state index in [1.54, 1.807) is 0 Å². The van der Waals surface area contributed by atoms with Gasteiger partial charge in [-0.05, 0) is 40.6 Å². The van der Waals surface area contributed by atoms with Crippen LogP contribution in [0.2, 0.25) is 0 Å². The lowest BCUT2D eigenvalue weighted by atomic mass is 10.0. The maximum Gasteiger partial charge on any atom is 0.249 e. The Labute approximate surface area is 187 Å². The molecule has 7 nitrogen and oxygen atoms in total. The predicted molar refractivity (Wildman–Crippen MR) is 125 cm³/mol. The van der Waals surface area contributed by atoms with Crippen LogP contribution in [0, 0.1) is 0 Å². The normalized spacial score (nSPS) is 14.7. The molecule has 0 radical (unpaired) electrons. The van der Waals surface area contributed by atoms with Crippen LogP contribution in [-0.2, 0) is 20.7 Å². The molecule has 1 heterocycles. The number of carbonyl (C=O) groups is 2. The predicted octanol–water partition coefficient (Wildman–Crippen LogP) is 2.33. The van der Waals surface area contributed by atoms with Gasteiger partial charge >= 0.3 is 0 Å². The molecule has 7 heteroatoms. The number of aliphatic hydroxyl groups excluding tert-OH is 1. The van der Waals surface area contributed by atoms with Gasteiger partial charge in [0.15, 0.2) is 0 Å². The molecule has 1 aliphatic rings. The highest BCUT2D eigenvalue weighted by molar-refractivity contribution is 5.97. The highest BCUT2D eigenvalue weighted by Gasteiger charge is 2.20. The van der Waals surface area contributed by atoms with Gasteiger partial charge in [-0.1, -0.05) is 42.5 Å². The van der Waals surface area contributed by atoms with Crippen LogP contribution < -0.4 is 15.5 Å². The van der Waals surface area contributed by atoms with Gasteiger partial charge in [0, 0.05) is 24.5 Å². The van der Waals surface area contributed by atoms with E-state index in [2.05, 4.69) is 15.5 Å². The zero-order chi connectivity index (χ0) is 22.3. The zero-order valence-electron chi connectivity index (χ0n) is 17.8. The number of morpholine rings is 1. The van der Waals surface area contributed by atoms with Crippen LogP contribution in [0.25, 0.3) is 10.8 Å². The van der Waals surface area contributed by atoms with Gasteiger partial charge in [-0.25, -0.2) is 0 Å². The Bertz CT molecular complexity index is 1080. The first-order chi connectivity index (χ1) is 15.6. The highest BCUT2D eigenvalue weighted by Crippen LogP contribution is 2.19. The standard InChI is InChI=1S/C25H27N3O4/c29-17-23(27-24(30)16-18-5-6-19-3-1-2-4-20(19)15-18)25(31)26-21-7-9-22(10-8-21)28-11-13-32-14-12-28/h1-10,15,23,29H,11-14,16-17H2,(H,26,31)(H,27,30). The maximum atomic E-state index is 12.6. The highest BCUT2D eigenvalue weighted by atomic mass is 16.5. The van der Waals surface area contributed by atoms with Crippen molar-refractivity contribution in [3.63, 3.8) is 0 Å². The summed E-state index contributed by atoms with van der Waals surface area (Å²) in [6.07, 6.45) is 0.128. The number of hydrogen-bond acceptors (Lipinski definition) is 5. The lowest BCUT2D eigenvalue weighted by Crippen LogP contribution is -2.46. The molecule has 166 valence electrons. The number of rotatable bonds is 7. The summed E-state index contributed by atoms with van der Waals surface area (Å²) < 4.78 is 5.37. The van der Waals surface area contributed by atoms with Gasteiger partial charge in [0.2, 0.25) is 11.8 Å². The Morgan fingerprint density at radius 1 is 0.969 bits per heavy atom. The van der Waals surface area contributed by atoms with Crippen LogP contribution in [0.3, 0.4) is 0 Å². The molecule has 0 aromatic heterocycles. The Balaban J connectivity index is 1.33. The van der Waals surface area contributed by atoms with Gasteiger partial charge < -0.3 is 25.4 Å².